The number of nitrogens with zero attached hydrogens (tertiary/aromatic N) is 3. The smallest absolute Gasteiger partial charge is 0.220 e. The van der Waals surface area contributed by atoms with Crippen molar-refractivity contribution in [3.63, 3.8) is 0 Å². The van der Waals surface area contributed by atoms with Crippen LogP contribution in [0.15, 0.2) is 5.11 Å². The van der Waals surface area contributed by atoms with Crippen LogP contribution in [0.5, 0.6) is 0 Å². The fourth-order valence-electron chi connectivity index (χ4n) is 1.84. The van der Waals surface area contributed by atoms with Gasteiger partial charge in [0.05, 0.1) is 6.10 Å². The van der Waals surface area contributed by atoms with E-state index in [1.807, 2.05) is 0 Å². The van der Waals surface area contributed by atoms with Crippen molar-refractivity contribution < 1.29 is 9.53 Å². The summed E-state index contributed by atoms with van der Waals surface area (Å²) in [6, 6.07) is 0. The number of rotatable bonds is 7. The second-order valence-corrected chi connectivity index (χ2v) is 4.19. The van der Waals surface area contributed by atoms with Gasteiger partial charge in [-0.1, -0.05) is 5.11 Å². The lowest BCUT2D eigenvalue weighted by atomic mass is 10.0. The van der Waals surface area contributed by atoms with Crippen molar-refractivity contribution in [2.24, 2.45) is 5.11 Å². The molecule has 1 amide bonds. The second-order valence-electron chi connectivity index (χ2n) is 4.19. The summed E-state index contributed by atoms with van der Waals surface area (Å²) in [5.74, 6) is 0.0557. The summed E-state index contributed by atoms with van der Waals surface area (Å²) in [7, 11) is 0. The molecule has 0 aliphatic carbocycles. The van der Waals surface area contributed by atoms with E-state index in [1.165, 1.54) is 6.42 Å². The minimum atomic E-state index is 0.0557. The van der Waals surface area contributed by atoms with Crippen molar-refractivity contribution >= 4 is 5.91 Å². The van der Waals surface area contributed by atoms with Gasteiger partial charge in [-0.2, -0.15) is 0 Å². The van der Waals surface area contributed by atoms with E-state index in [4.69, 9.17) is 10.3 Å². The van der Waals surface area contributed by atoms with Crippen LogP contribution in [0.4, 0.5) is 0 Å². The SMILES string of the molecule is [N-]=[N+]=NCCCNC(=O)CCC1CCCCO1. The predicted octanol–water partition coefficient (Wildman–Crippen LogP) is 2.15. The zero-order chi connectivity index (χ0) is 12.3. The van der Waals surface area contributed by atoms with Gasteiger partial charge in [-0.3, -0.25) is 4.79 Å². The molecule has 96 valence electrons. The molecular formula is C11H20N4O2. The molecule has 0 spiro atoms. The normalized spacial score (nSPS) is 19.4. The number of hydrogen-bond acceptors (Lipinski definition) is 3. The van der Waals surface area contributed by atoms with Gasteiger partial charge in [0.1, 0.15) is 0 Å². The number of ether oxygens (including phenoxy) is 1. The molecule has 1 aliphatic rings. The Bertz CT molecular complexity index is 271. The van der Waals surface area contributed by atoms with Gasteiger partial charge >= 0.3 is 0 Å². The van der Waals surface area contributed by atoms with Gasteiger partial charge in [0.2, 0.25) is 5.91 Å². The van der Waals surface area contributed by atoms with E-state index >= 15 is 0 Å². The number of hydrogen-bond donors (Lipinski definition) is 1. The van der Waals surface area contributed by atoms with Crippen molar-refractivity contribution in [2.45, 2.75) is 44.6 Å². The summed E-state index contributed by atoms with van der Waals surface area (Å²) in [5.41, 5.74) is 8.06. The average molecular weight is 240 g/mol. The fraction of sp³-hybridized carbons (Fsp3) is 0.909. The quantitative estimate of drug-likeness (QED) is 0.320. The first-order chi connectivity index (χ1) is 8.33. The topological polar surface area (TPSA) is 87.1 Å². The largest absolute Gasteiger partial charge is 0.378 e. The van der Waals surface area contributed by atoms with Crippen molar-refractivity contribution in [1.29, 1.82) is 0 Å². The molecule has 0 aromatic rings. The summed E-state index contributed by atoms with van der Waals surface area (Å²) in [5, 5.41) is 6.20. The van der Waals surface area contributed by atoms with Crippen LogP contribution < -0.4 is 5.32 Å². The lowest BCUT2D eigenvalue weighted by Crippen LogP contribution is -2.27. The molecule has 17 heavy (non-hydrogen) atoms. The third kappa shape index (κ3) is 6.81. The van der Waals surface area contributed by atoms with Crippen LogP contribution in [0.3, 0.4) is 0 Å². The molecule has 6 heteroatoms. The molecular weight excluding hydrogens is 220 g/mol. The highest BCUT2D eigenvalue weighted by molar-refractivity contribution is 5.75. The molecule has 0 radical (unpaired) electrons. The summed E-state index contributed by atoms with van der Waals surface area (Å²) >= 11 is 0. The van der Waals surface area contributed by atoms with Crippen molar-refractivity contribution in [1.82, 2.24) is 5.32 Å². The number of carbonyl (C=O) groups excluding carboxylic acids is 1. The van der Waals surface area contributed by atoms with Crippen LogP contribution >= 0.6 is 0 Å². The van der Waals surface area contributed by atoms with Crippen molar-refractivity contribution in [3.05, 3.63) is 10.4 Å². The number of amides is 1. The summed E-state index contributed by atoms with van der Waals surface area (Å²) in [4.78, 5) is 14.1. The summed E-state index contributed by atoms with van der Waals surface area (Å²) in [6.45, 7) is 1.84. The van der Waals surface area contributed by atoms with E-state index in [0.29, 0.717) is 25.9 Å². The van der Waals surface area contributed by atoms with Crippen molar-refractivity contribution in [2.75, 3.05) is 19.7 Å². The lowest BCUT2D eigenvalue weighted by Gasteiger charge is -2.22. The Morgan fingerprint density at radius 2 is 2.41 bits per heavy atom. The molecule has 1 atom stereocenters. The Labute approximate surface area is 101 Å². The van der Waals surface area contributed by atoms with Gasteiger partial charge in [-0.05, 0) is 37.6 Å². The second kappa shape index (κ2) is 8.84. The third-order valence-corrected chi connectivity index (χ3v) is 2.79. The molecule has 6 nitrogen and oxygen atoms in total. The lowest BCUT2D eigenvalue weighted by molar-refractivity contribution is -0.122. The van der Waals surface area contributed by atoms with Crippen LogP contribution in [-0.2, 0) is 9.53 Å². The van der Waals surface area contributed by atoms with Crippen LogP contribution in [0.2, 0.25) is 0 Å². The van der Waals surface area contributed by atoms with Crippen LogP contribution in [0.25, 0.3) is 10.4 Å². The number of azide groups is 1. The fourth-order valence-corrected chi connectivity index (χ4v) is 1.84. The van der Waals surface area contributed by atoms with E-state index in [2.05, 4.69) is 15.3 Å². The van der Waals surface area contributed by atoms with E-state index < -0.39 is 0 Å². The van der Waals surface area contributed by atoms with Gasteiger partial charge in [-0.25, -0.2) is 0 Å². The third-order valence-electron chi connectivity index (χ3n) is 2.79. The van der Waals surface area contributed by atoms with E-state index in [-0.39, 0.29) is 12.0 Å². The highest BCUT2D eigenvalue weighted by Crippen LogP contribution is 2.16. The highest BCUT2D eigenvalue weighted by Gasteiger charge is 2.14. The molecule has 1 heterocycles. The van der Waals surface area contributed by atoms with E-state index in [9.17, 15) is 4.79 Å². The zero-order valence-corrected chi connectivity index (χ0v) is 10.1. The predicted molar refractivity (Wildman–Crippen MR) is 64.5 cm³/mol. The minimum absolute atomic E-state index is 0.0557. The number of nitrogens with one attached hydrogen (secondary N) is 1. The Morgan fingerprint density at radius 3 is 3.12 bits per heavy atom. The Hall–Kier alpha value is -1.26. The van der Waals surface area contributed by atoms with Crippen LogP contribution in [0.1, 0.15) is 38.5 Å². The molecule has 0 aromatic carbocycles. The first kappa shape index (κ1) is 13.8. The minimum Gasteiger partial charge on any atom is -0.378 e. The molecule has 1 fully saturated rings. The highest BCUT2D eigenvalue weighted by atomic mass is 16.5. The van der Waals surface area contributed by atoms with Crippen molar-refractivity contribution in [3.8, 4) is 0 Å². The van der Waals surface area contributed by atoms with Gasteiger partial charge in [0.15, 0.2) is 0 Å². The monoisotopic (exact) mass is 240 g/mol. The molecule has 0 bridgehead atoms. The number of carbonyl (C=O) groups is 1. The zero-order valence-electron chi connectivity index (χ0n) is 10.1. The molecule has 1 N–H and O–H groups in total. The van der Waals surface area contributed by atoms with Gasteiger partial charge < -0.3 is 10.1 Å². The Kier molecular flexibility index (Phi) is 7.18. The first-order valence-corrected chi connectivity index (χ1v) is 6.22. The van der Waals surface area contributed by atoms with Gasteiger partial charge in [0, 0.05) is 31.0 Å². The van der Waals surface area contributed by atoms with E-state index in [1.54, 1.807) is 0 Å². The maximum absolute atomic E-state index is 11.4. The molecule has 1 rings (SSSR count). The molecule has 1 unspecified atom stereocenters. The summed E-state index contributed by atoms with van der Waals surface area (Å²) in [6.07, 6.45) is 5.70. The van der Waals surface area contributed by atoms with Crippen LogP contribution in [0, 0.1) is 0 Å². The van der Waals surface area contributed by atoms with Gasteiger partial charge in [0.25, 0.3) is 0 Å². The first-order valence-electron chi connectivity index (χ1n) is 6.22. The molecule has 1 aliphatic heterocycles. The summed E-state index contributed by atoms with van der Waals surface area (Å²) < 4.78 is 5.55. The average Bonchev–Trinajstić information content (AvgIpc) is 2.37. The van der Waals surface area contributed by atoms with Gasteiger partial charge in [-0.15, -0.1) is 0 Å². The van der Waals surface area contributed by atoms with Crippen LogP contribution in [-0.4, -0.2) is 31.7 Å². The maximum Gasteiger partial charge on any atom is 0.220 e. The Morgan fingerprint density at radius 1 is 1.53 bits per heavy atom. The molecule has 1 saturated heterocycles. The Balaban J connectivity index is 1.98. The molecule has 0 saturated carbocycles. The van der Waals surface area contributed by atoms with E-state index in [0.717, 1.165) is 25.9 Å². The molecule has 0 aromatic heterocycles. The standard InChI is InChI=1S/C11H20N4O2/c12-15-14-8-3-7-13-11(16)6-5-10-4-1-2-9-17-10/h10H,1-9H2,(H,13,16). The maximum atomic E-state index is 11.4.